The lowest BCUT2D eigenvalue weighted by atomic mass is 10.0. The van der Waals surface area contributed by atoms with Gasteiger partial charge in [0.25, 0.3) is 10.0 Å². The van der Waals surface area contributed by atoms with Gasteiger partial charge in [0.15, 0.2) is 0 Å². The Hall–Kier alpha value is -1.86. The van der Waals surface area contributed by atoms with Crippen LogP contribution in [-0.4, -0.2) is 31.4 Å². The van der Waals surface area contributed by atoms with Crippen molar-refractivity contribution in [3.8, 4) is 0 Å². The molecule has 1 aromatic carbocycles. The lowest BCUT2D eigenvalue weighted by Gasteiger charge is -2.21. The predicted octanol–water partition coefficient (Wildman–Crippen LogP) is 2.11. The van der Waals surface area contributed by atoms with Crippen LogP contribution in [0.3, 0.4) is 0 Å². The molecular formula is C15H19N3O3S. The van der Waals surface area contributed by atoms with Crippen LogP contribution in [0.5, 0.6) is 0 Å². The Bertz CT molecular complexity index is 707. The van der Waals surface area contributed by atoms with Crippen LogP contribution >= 0.6 is 0 Å². The molecule has 2 heterocycles. The van der Waals surface area contributed by atoms with Crippen molar-refractivity contribution >= 4 is 15.7 Å². The Balaban J connectivity index is 1.66. The van der Waals surface area contributed by atoms with Gasteiger partial charge >= 0.3 is 0 Å². The lowest BCUT2D eigenvalue weighted by molar-refractivity contribution is 0.0601. The summed E-state index contributed by atoms with van der Waals surface area (Å²) in [5, 5.41) is 4.24. The van der Waals surface area contributed by atoms with Crippen molar-refractivity contribution in [1.29, 1.82) is 0 Å². The summed E-state index contributed by atoms with van der Waals surface area (Å²) in [7, 11) is -3.56. The molecule has 22 heavy (non-hydrogen) atoms. The molecule has 0 unspecified atom stereocenters. The molecule has 1 saturated heterocycles. The fourth-order valence-corrected chi connectivity index (χ4v) is 3.57. The van der Waals surface area contributed by atoms with Crippen LogP contribution in [-0.2, 0) is 21.3 Å². The van der Waals surface area contributed by atoms with Crippen molar-refractivity contribution in [3.63, 3.8) is 0 Å². The van der Waals surface area contributed by atoms with E-state index in [4.69, 9.17) is 4.74 Å². The third-order valence-electron chi connectivity index (χ3n) is 3.73. The Labute approximate surface area is 130 Å². The van der Waals surface area contributed by atoms with Crippen LogP contribution in [0.1, 0.15) is 12.8 Å². The van der Waals surface area contributed by atoms with Gasteiger partial charge in [-0.3, -0.25) is 9.40 Å². The molecule has 0 saturated carbocycles. The zero-order valence-electron chi connectivity index (χ0n) is 12.2. The Kier molecular flexibility index (Phi) is 4.44. The number of ether oxygens (including phenoxy) is 1. The van der Waals surface area contributed by atoms with Crippen molar-refractivity contribution in [3.05, 3.63) is 42.7 Å². The van der Waals surface area contributed by atoms with Gasteiger partial charge in [-0.1, -0.05) is 18.2 Å². The van der Waals surface area contributed by atoms with Crippen molar-refractivity contribution in [2.24, 2.45) is 5.92 Å². The second-order valence-electron chi connectivity index (χ2n) is 5.43. The standard InChI is InChI=1S/C15H19N3O3S/c19-22(20,15-4-2-1-3-5-15)17-14-10-16-18(12-14)11-13-6-8-21-9-7-13/h1-5,10,12-13,17H,6-9,11H2. The number of hydrogen-bond donors (Lipinski definition) is 1. The Morgan fingerprint density at radius 1 is 1.23 bits per heavy atom. The molecule has 0 radical (unpaired) electrons. The minimum absolute atomic E-state index is 0.243. The average molecular weight is 321 g/mol. The molecule has 2 aromatic rings. The number of rotatable bonds is 5. The smallest absolute Gasteiger partial charge is 0.261 e. The molecule has 7 heteroatoms. The third-order valence-corrected chi connectivity index (χ3v) is 5.12. The van der Waals surface area contributed by atoms with E-state index < -0.39 is 10.0 Å². The first-order valence-electron chi connectivity index (χ1n) is 7.31. The van der Waals surface area contributed by atoms with Gasteiger partial charge < -0.3 is 4.74 Å². The first-order valence-corrected chi connectivity index (χ1v) is 8.80. The highest BCUT2D eigenvalue weighted by Gasteiger charge is 2.17. The van der Waals surface area contributed by atoms with Gasteiger partial charge in [-0.15, -0.1) is 0 Å². The summed E-state index contributed by atoms with van der Waals surface area (Å²) >= 11 is 0. The quantitative estimate of drug-likeness (QED) is 0.915. The van der Waals surface area contributed by atoms with E-state index >= 15 is 0 Å². The molecule has 1 aliphatic rings. The monoisotopic (exact) mass is 321 g/mol. The summed E-state index contributed by atoms with van der Waals surface area (Å²) in [6.07, 6.45) is 5.31. The number of anilines is 1. The summed E-state index contributed by atoms with van der Waals surface area (Å²) in [6, 6.07) is 8.31. The van der Waals surface area contributed by atoms with Crippen LogP contribution in [0.15, 0.2) is 47.6 Å². The molecule has 118 valence electrons. The maximum atomic E-state index is 12.2. The maximum Gasteiger partial charge on any atom is 0.261 e. The normalized spacial score (nSPS) is 16.5. The third kappa shape index (κ3) is 3.66. The first kappa shape index (κ1) is 15.1. The van der Waals surface area contributed by atoms with Gasteiger partial charge in [0.1, 0.15) is 0 Å². The molecular weight excluding hydrogens is 302 g/mol. The number of nitrogens with zero attached hydrogens (tertiary/aromatic N) is 2. The molecule has 1 aromatic heterocycles. The van der Waals surface area contributed by atoms with Crippen molar-refractivity contribution in [2.75, 3.05) is 17.9 Å². The number of sulfonamides is 1. The Morgan fingerprint density at radius 3 is 2.68 bits per heavy atom. The fraction of sp³-hybridized carbons (Fsp3) is 0.400. The molecule has 0 atom stereocenters. The lowest BCUT2D eigenvalue weighted by Crippen LogP contribution is -2.20. The van der Waals surface area contributed by atoms with Gasteiger partial charge in [-0.05, 0) is 30.9 Å². The molecule has 1 fully saturated rings. The van der Waals surface area contributed by atoms with E-state index in [0.717, 1.165) is 32.6 Å². The maximum absolute atomic E-state index is 12.2. The first-order chi connectivity index (χ1) is 10.6. The van der Waals surface area contributed by atoms with Crippen LogP contribution in [0.2, 0.25) is 0 Å². The minimum atomic E-state index is -3.56. The second kappa shape index (κ2) is 6.50. The number of nitrogens with one attached hydrogen (secondary N) is 1. The fourth-order valence-electron chi connectivity index (χ4n) is 2.52. The molecule has 1 N–H and O–H groups in total. The van der Waals surface area contributed by atoms with Crippen LogP contribution in [0.25, 0.3) is 0 Å². The number of hydrogen-bond acceptors (Lipinski definition) is 4. The second-order valence-corrected chi connectivity index (χ2v) is 7.11. The largest absolute Gasteiger partial charge is 0.381 e. The molecule has 3 rings (SSSR count). The SMILES string of the molecule is O=S(=O)(Nc1cnn(CC2CCOCC2)c1)c1ccccc1. The van der Waals surface area contributed by atoms with Gasteiger partial charge in [0, 0.05) is 26.0 Å². The van der Waals surface area contributed by atoms with Gasteiger partial charge in [-0.2, -0.15) is 5.10 Å². The minimum Gasteiger partial charge on any atom is -0.381 e. The van der Waals surface area contributed by atoms with E-state index in [1.165, 1.54) is 0 Å². The highest BCUT2D eigenvalue weighted by atomic mass is 32.2. The highest BCUT2D eigenvalue weighted by molar-refractivity contribution is 7.92. The van der Waals surface area contributed by atoms with E-state index in [2.05, 4.69) is 9.82 Å². The molecule has 0 spiro atoms. The van der Waals surface area contributed by atoms with E-state index in [1.807, 2.05) is 0 Å². The molecule has 6 nitrogen and oxygen atoms in total. The number of benzene rings is 1. The summed E-state index contributed by atoms with van der Waals surface area (Å²) in [5.74, 6) is 0.534. The Morgan fingerprint density at radius 2 is 1.95 bits per heavy atom. The highest BCUT2D eigenvalue weighted by Crippen LogP contribution is 2.19. The molecule has 0 bridgehead atoms. The van der Waals surface area contributed by atoms with E-state index in [1.54, 1.807) is 47.4 Å². The molecule has 0 amide bonds. The van der Waals surface area contributed by atoms with Gasteiger partial charge in [0.05, 0.1) is 16.8 Å². The van der Waals surface area contributed by atoms with Crippen LogP contribution < -0.4 is 4.72 Å². The van der Waals surface area contributed by atoms with Crippen molar-refractivity contribution in [1.82, 2.24) is 9.78 Å². The van der Waals surface area contributed by atoms with Crippen LogP contribution in [0, 0.1) is 5.92 Å². The average Bonchev–Trinajstić information content (AvgIpc) is 2.95. The topological polar surface area (TPSA) is 73.2 Å². The van der Waals surface area contributed by atoms with Crippen molar-refractivity contribution < 1.29 is 13.2 Å². The number of aromatic nitrogens is 2. The summed E-state index contributed by atoms with van der Waals surface area (Å²) in [5.41, 5.74) is 0.482. The van der Waals surface area contributed by atoms with Gasteiger partial charge in [-0.25, -0.2) is 8.42 Å². The predicted molar refractivity (Wildman–Crippen MR) is 83.0 cm³/mol. The van der Waals surface area contributed by atoms with E-state index in [9.17, 15) is 8.42 Å². The summed E-state index contributed by atoms with van der Waals surface area (Å²) < 4.78 is 34.2. The van der Waals surface area contributed by atoms with E-state index in [0.29, 0.717) is 11.6 Å². The summed E-state index contributed by atoms with van der Waals surface area (Å²) in [4.78, 5) is 0.243. The molecule has 1 aliphatic heterocycles. The van der Waals surface area contributed by atoms with Crippen molar-refractivity contribution in [2.45, 2.75) is 24.3 Å². The summed E-state index contributed by atoms with van der Waals surface area (Å²) in [6.45, 7) is 2.37. The van der Waals surface area contributed by atoms with E-state index in [-0.39, 0.29) is 4.90 Å². The zero-order chi connectivity index (χ0) is 15.4. The van der Waals surface area contributed by atoms with Gasteiger partial charge in [0.2, 0.25) is 0 Å². The molecule has 0 aliphatic carbocycles. The van der Waals surface area contributed by atoms with Crippen LogP contribution in [0.4, 0.5) is 5.69 Å². The zero-order valence-corrected chi connectivity index (χ0v) is 13.0.